The highest BCUT2D eigenvalue weighted by Crippen LogP contribution is 2.29. The molecule has 19 heavy (non-hydrogen) atoms. The molecule has 1 aliphatic heterocycles. The minimum Gasteiger partial charge on any atom is -0.326 e. The van der Waals surface area contributed by atoms with Crippen LogP contribution in [0, 0.1) is 11.3 Å². The first-order valence-electron chi connectivity index (χ1n) is 5.86. The Kier molecular flexibility index (Phi) is 2.69. The molecule has 1 unspecified atom stereocenters. The lowest BCUT2D eigenvalue weighted by atomic mass is 9.95. The molecular weight excluding hydrogens is 240 g/mol. The number of nitrogens with one attached hydrogen (secondary N) is 1. The van der Waals surface area contributed by atoms with Gasteiger partial charge in [0.05, 0.1) is 24.4 Å². The monoisotopic (exact) mass is 250 g/mol. The number of anilines is 1. The van der Waals surface area contributed by atoms with Crippen LogP contribution in [0.3, 0.4) is 0 Å². The molecule has 0 spiro atoms. The number of aromatic nitrogens is 2. The molecule has 1 N–H and O–H groups in total. The predicted molar refractivity (Wildman–Crippen MR) is 68.3 cm³/mol. The summed E-state index contributed by atoms with van der Waals surface area (Å²) in [6.07, 6.45) is 5.09. The molecule has 5 heteroatoms. The maximum Gasteiger partial charge on any atom is 0.228 e. The third-order valence-corrected chi connectivity index (χ3v) is 3.10. The molecule has 2 aromatic rings. The molecule has 2 heterocycles. The Labute approximate surface area is 109 Å². The van der Waals surface area contributed by atoms with E-state index in [9.17, 15) is 10.1 Å². The highest BCUT2D eigenvalue weighted by molar-refractivity contribution is 5.99. The highest BCUT2D eigenvalue weighted by Gasteiger charge is 2.21. The number of amides is 1. The van der Waals surface area contributed by atoms with Gasteiger partial charge in [0, 0.05) is 18.1 Å². The van der Waals surface area contributed by atoms with Crippen LogP contribution in [0.2, 0.25) is 0 Å². The molecule has 0 bridgehead atoms. The summed E-state index contributed by atoms with van der Waals surface area (Å²) >= 11 is 0. The summed E-state index contributed by atoms with van der Waals surface area (Å²) in [6.45, 7) is 0. The normalized spacial score (nSPS) is 14.4. The summed E-state index contributed by atoms with van der Waals surface area (Å²) in [5, 5.41) is 12.1. The van der Waals surface area contributed by atoms with Gasteiger partial charge in [-0.1, -0.05) is 12.1 Å². The number of carbonyl (C=O) groups excluding carboxylic acids is 1. The van der Waals surface area contributed by atoms with Gasteiger partial charge in [0.25, 0.3) is 0 Å². The standard InChI is InChI=1S/C14H10N4O/c15-7-11(13-8-16-3-4-17-13)9-1-2-12-10(5-9)6-14(19)18-12/h1-5,8,11H,6H2,(H,18,19). The fourth-order valence-electron chi connectivity index (χ4n) is 2.20. The van der Waals surface area contributed by atoms with Gasteiger partial charge in [0.2, 0.25) is 5.91 Å². The number of hydrogen-bond donors (Lipinski definition) is 1. The van der Waals surface area contributed by atoms with Gasteiger partial charge in [0.1, 0.15) is 5.92 Å². The van der Waals surface area contributed by atoms with E-state index >= 15 is 0 Å². The van der Waals surface area contributed by atoms with E-state index in [1.54, 1.807) is 18.6 Å². The average molecular weight is 250 g/mol. The Bertz CT molecular complexity index is 676. The lowest BCUT2D eigenvalue weighted by Gasteiger charge is -2.09. The lowest BCUT2D eigenvalue weighted by Crippen LogP contribution is -2.03. The molecule has 1 aromatic carbocycles. The number of rotatable bonds is 2. The molecule has 5 nitrogen and oxygen atoms in total. The van der Waals surface area contributed by atoms with E-state index in [4.69, 9.17) is 0 Å². The van der Waals surface area contributed by atoms with Crippen molar-refractivity contribution in [2.75, 3.05) is 5.32 Å². The zero-order valence-electron chi connectivity index (χ0n) is 10.00. The Morgan fingerprint density at radius 3 is 3.00 bits per heavy atom. The first-order chi connectivity index (χ1) is 9.28. The minimum atomic E-state index is -0.463. The molecule has 1 aromatic heterocycles. The average Bonchev–Trinajstić information content (AvgIpc) is 2.80. The number of fused-ring (bicyclic) bond motifs is 1. The van der Waals surface area contributed by atoms with Crippen molar-refractivity contribution in [3.8, 4) is 6.07 Å². The van der Waals surface area contributed by atoms with E-state index in [0.717, 1.165) is 16.8 Å². The van der Waals surface area contributed by atoms with E-state index in [0.29, 0.717) is 12.1 Å². The number of carbonyl (C=O) groups is 1. The van der Waals surface area contributed by atoms with Crippen LogP contribution in [0.15, 0.2) is 36.8 Å². The van der Waals surface area contributed by atoms with Crippen LogP contribution >= 0.6 is 0 Å². The molecular formula is C14H10N4O. The fourth-order valence-corrected chi connectivity index (χ4v) is 2.20. The Morgan fingerprint density at radius 2 is 2.26 bits per heavy atom. The summed E-state index contributed by atoms with van der Waals surface area (Å²) in [5.41, 5.74) is 3.19. The second-order valence-electron chi connectivity index (χ2n) is 4.33. The third kappa shape index (κ3) is 2.04. The van der Waals surface area contributed by atoms with Crippen LogP contribution in [0.4, 0.5) is 5.69 Å². The summed E-state index contributed by atoms with van der Waals surface area (Å²) in [4.78, 5) is 19.5. The van der Waals surface area contributed by atoms with Crippen molar-refractivity contribution in [3.05, 3.63) is 53.6 Å². The van der Waals surface area contributed by atoms with Gasteiger partial charge in [-0.15, -0.1) is 0 Å². The van der Waals surface area contributed by atoms with Crippen molar-refractivity contribution in [2.24, 2.45) is 0 Å². The molecule has 1 atom stereocenters. The SMILES string of the molecule is N#CC(c1ccc2c(c1)CC(=O)N2)c1cnccn1. The van der Waals surface area contributed by atoms with Crippen molar-refractivity contribution < 1.29 is 4.79 Å². The smallest absolute Gasteiger partial charge is 0.228 e. The van der Waals surface area contributed by atoms with Crippen LogP contribution in [-0.2, 0) is 11.2 Å². The second kappa shape index (κ2) is 4.50. The molecule has 0 fully saturated rings. The van der Waals surface area contributed by atoms with E-state index in [2.05, 4.69) is 21.4 Å². The molecule has 1 aliphatic rings. The van der Waals surface area contributed by atoms with Gasteiger partial charge < -0.3 is 5.32 Å². The Balaban J connectivity index is 2.00. The fraction of sp³-hybridized carbons (Fsp3) is 0.143. The van der Waals surface area contributed by atoms with Crippen LogP contribution in [0.5, 0.6) is 0 Å². The molecule has 92 valence electrons. The van der Waals surface area contributed by atoms with E-state index in [-0.39, 0.29) is 5.91 Å². The maximum absolute atomic E-state index is 11.3. The largest absolute Gasteiger partial charge is 0.326 e. The Hall–Kier alpha value is -2.74. The highest BCUT2D eigenvalue weighted by atomic mass is 16.1. The Morgan fingerprint density at radius 1 is 1.37 bits per heavy atom. The number of nitriles is 1. The molecule has 1 amide bonds. The van der Waals surface area contributed by atoms with Crippen LogP contribution in [0.1, 0.15) is 22.7 Å². The molecule has 0 aliphatic carbocycles. The zero-order chi connectivity index (χ0) is 13.2. The molecule has 0 saturated carbocycles. The predicted octanol–water partition coefficient (Wildman–Crippen LogP) is 1.63. The zero-order valence-corrected chi connectivity index (χ0v) is 10.00. The first-order valence-corrected chi connectivity index (χ1v) is 5.86. The van der Waals surface area contributed by atoms with E-state index < -0.39 is 5.92 Å². The molecule has 3 rings (SSSR count). The van der Waals surface area contributed by atoms with Gasteiger partial charge in [-0.2, -0.15) is 5.26 Å². The van der Waals surface area contributed by atoms with Crippen LogP contribution < -0.4 is 5.32 Å². The van der Waals surface area contributed by atoms with Gasteiger partial charge in [-0.3, -0.25) is 14.8 Å². The van der Waals surface area contributed by atoms with E-state index in [1.807, 2.05) is 18.2 Å². The van der Waals surface area contributed by atoms with E-state index in [1.165, 1.54) is 0 Å². The summed E-state index contributed by atoms with van der Waals surface area (Å²) < 4.78 is 0. The number of hydrogen-bond acceptors (Lipinski definition) is 4. The lowest BCUT2D eigenvalue weighted by molar-refractivity contribution is -0.115. The first kappa shape index (κ1) is 11.4. The quantitative estimate of drug-likeness (QED) is 0.878. The van der Waals surface area contributed by atoms with Gasteiger partial charge in [0.15, 0.2) is 0 Å². The second-order valence-corrected chi connectivity index (χ2v) is 4.33. The molecule has 0 radical (unpaired) electrons. The molecule has 0 saturated heterocycles. The summed E-state index contributed by atoms with van der Waals surface area (Å²) in [7, 11) is 0. The van der Waals surface area contributed by atoms with Crippen molar-refractivity contribution in [1.29, 1.82) is 5.26 Å². The summed E-state index contributed by atoms with van der Waals surface area (Å²) in [5.74, 6) is -0.477. The topological polar surface area (TPSA) is 78.7 Å². The van der Waals surface area contributed by atoms with Crippen LogP contribution in [-0.4, -0.2) is 15.9 Å². The van der Waals surface area contributed by atoms with Gasteiger partial charge in [-0.25, -0.2) is 0 Å². The number of benzene rings is 1. The van der Waals surface area contributed by atoms with Crippen LogP contribution in [0.25, 0.3) is 0 Å². The minimum absolute atomic E-state index is 0.0137. The number of nitrogens with zero attached hydrogens (tertiary/aromatic N) is 3. The van der Waals surface area contributed by atoms with Gasteiger partial charge >= 0.3 is 0 Å². The summed E-state index contributed by atoms with van der Waals surface area (Å²) in [6, 6.07) is 7.78. The van der Waals surface area contributed by atoms with Crippen molar-refractivity contribution in [2.45, 2.75) is 12.3 Å². The third-order valence-electron chi connectivity index (χ3n) is 3.10. The van der Waals surface area contributed by atoms with Crippen molar-refractivity contribution in [1.82, 2.24) is 9.97 Å². The van der Waals surface area contributed by atoms with Gasteiger partial charge in [-0.05, 0) is 17.2 Å². The maximum atomic E-state index is 11.3. The van der Waals surface area contributed by atoms with Crippen molar-refractivity contribution >= 4 is 11.6 Å². The van der Waals surface area contributed by atoms with Crippen molar-refractivity contribution in [3.63, 3.8) is 0 Å².